The molecular weight excluding hydrogens is 220 g/mol. The Bertz CT molecular complexity index is 199. The van der Waals surface area contributed by atoms with Crippen molar-refractivity contribution in [2.24, 2.45) is 11.8 Å². The van der Waals surface area contributed by atoms with Crippen molar-refractivity contribution in [3.8, 4) is 0 Å². The maximum absolute atomic E-state index is 11.1. The van der Waals surface area contributed by atoms with Gasteiger partial charge >= 0.3 is 5.97 Å². The third-order valence-electron chi connectivity index (χ3n) is 1.83. The highest BCUT2D eigenvalue weighted by Gasteiger charge is 2.29. The summed E-state index contributed by atoms with van der Waals surface area (Å²) in [6, 6.07) is 0. The summed E-state index contributed by atoms with van der Waals surface area (Å²) in [6.45, 7) is 4.27. The van der Waals surface area contributed by atoms with Gasteiger partial charge in [-0.1, -0.05) is 29.8 Å². The van der Waals surface area contributed by atoms with Gasteiger partial charge in [0.1, 0.15) is 0 Å². The largest absolute Gasteiger partial charge is 0.434 e. The van der Waals surface area contributed by atoms with E-state index in [2.05, 4.69) is 29.8 Å². The average molecular weight is 233 g/mol. The van der Waals surface area contributed by atoms with Crippen molar-refractivity contribution >= 4 is 21.9 Å². The summed E-state index contributed by atoms with van der Waals surface area (Å²) in [4.78, 5) is 11.3. The van der Waals surface area contributed by atoms with E-state index in [0.717, 1.165) is 6.42 Å². The Labute approximate surface area is 81.1 Å². The molecule has 0 saturated heterocycles. The summed E-state index contributed by atoms with van der Waals surface area (Å²) >= 11 is 3.49. The first-order chi connectivity index (χ1) is 5.61. The molecule has 1 aliphatic heterocycles. The van der Waals surface area contributed by atoms with E-state index in [-0.39, 0.29) is 16.7 Å². The summed E-state index contributed by atoms with van der Waals surface area (Å²) in [5.41, 5.74) is 0. The van der Waals surface area contributed by atoms with Crippen LogP contribution in [0.3, 0.4) is 0 Å². The summed E-state index contributed by atoms with van der Waals surface area (Å²) in [5.74, 6) is 0.362. The van der Waals surface area contributed by atoms with Gasteiger partial charge in [0, 0.05) is 4.83 Å². The molecule has 0 radical (unpaired) electrons. The molecule has 68 valence electrons. The molecule has 2 atom stereocenters. The molecule has 0 amide bonds. The normalized spacial score (nSPS) is 24.7. The van der Waals surface area contributed by atoms with E-state index >= 15 is 0 Å². The minimum Gasteiger partial charge on any atom is -0.434 e. The minimum atomic E-state index is -0.141. The Morgan fingerprint density at radius 3 is 2.75 bits per heavy atom. The number of hydrogen-bond donors (Lipinski definition) is 0. The number of hydrogen-bond acceptors (Lipinski definition) is 2. The minimum absolute atomic E-state index is 0.0904. The summed E-state index contributed by atoms with van der Waals surface area (Å²) in [5, 5.41) is 0. The molecule has 0 saturated carbocycles. The van der Waals surface area contributed by atoms with Gasteiger partial charge in [-0.25, -0.2) is 0 Å². The molecular formula is C9H13BrO2. The zero-order valence-corrected chi connectivity index (χ0v) is 8.87. The highest BCUT2D eigenvalue weighted by Crippen LogP contribution is 2.26. The van der Waals surface area contributed by atoms with E-state index in [1.54, 1.807) is 0 Å². The topological polar surface area (TPSA) is 26.3 Å². The SMILES string of the molecule is CC(C)CC(Br)C1C=COC1=O. The Morgan fingerprint density at radius 2 is 2.33 bits per heavy atom. The lowest BCUT2D eigenvalue weighted by atomic mass is 9.98. The van der Waals surface area contributed by atoms with Gasteiger partial charge in [0.25, 0.3) is 0 Å². The maximum atomic E-state index is 11.1. The zero-order valence-electron chi connectivity index (χ0n) is 7.29. The van der Waals surface area contributed by atoms with Gasteiger partial charge in [0.15, 0.2) is 0 Å². The lowest BCUT2D eigenvalue weighted by Crippen LogP contribution is -2.20. The Morgan fingerprint density at radius 1 is 1.67 bits per heavy atom. The maximum Gasteiger partial charge on any atom is 0.318 e. The van der Waals surface area contributed by atoms with Crippen LogP contribution >= 0.6 is 15.9 Å². The number of alkyl halides is 1. The van der Waals surface area contributed by atoms with Crippen molar-refractivity contribution in [1.29, 1.82) is 0 Å². The van der Waals surface area contributed by atoms with Gasteiger partial charge < -0.3 is 4.74 Å². The van der Waals surface area contributed by atoms with Gasteiger partial charge in [-0.05, 0) is 18.4 Å². The second-order valence-corrected chi connectivity index (χ2v) is 4.61. The van der Waals surface area contributed by atoms with Crippen LogP contribution in [0.15, 0.2) is 12.3 Å². The van der Waals surface area contributed by atoms with Crippen LogP contribution in [0.4, 0.5) is 0 Å². The zero-order chi connectivity index (χ0) is 9.14. The molecule has 0 spiro atoms. The highest BCUT2D eigenvalue weighted by molar-refractivity contribution is 9.09. The van der Waals surface area contributed by atoms with Crippen LogP contribution in [-0.2, 0) is 9.53 Å². The van der Waals surface area contributed by atoms with Crippen molar-refractivity contribution in [2.75, 3.05) is 0 Å². The summed E-state index contributed by atoms with van der Waals surface area (Å²) < 4.78 is 4.72. The predicted molar refractivity (Wildman–Crippen MR) is 50.9 cm³/mol. The van der Waals surface area contributed by atoms with Crippen molar-refractivity contribution in [1.82, 2.24) is 0 Å². The molecule has 0 aromatic rings. The molecule has 1 aliphatic rings. The van der Waals surface area contributed by atoms with Gasteiger partial charge in [-0.2, -0.15) is 0 Å². The highest BCUT2D eigenvalue weighted by atomic mass is 79.9. The van der Waals surface area contributed by atoms with E-state index in [9.17, 15) is 4.79 Å². The average Bonchev–Trinajstić information content (AvgIpc) is 2.33. The molecule has 0 aliphatic carbocycles. The first-order valence-electron chi connectivity index (χ1n) is 4.12. The standard InChI is InChI=1S/C9H13BrO2/c1-6(2)5-8(10)7-3-4-12-9(7)11/h3-4,6-8H,5H2,1-2H3. The van der Waals surface area contributed by atoms with Crippen LogP contribution in [0.1, 0.15) is 20.3 Å². The monoisotopic (exact) mass is 232 g/mol. The first-order valence-corrected chi connectivity index (χ1v) is 5.04. The lowest BCUT2D eigenvalue weighted by Gasteiger charge is -2.14. The van der Waals surface area contributed by atoms with E-state index in [4.69, 9.17) is 4.74 Å². The second kappa shape index (κ2) is 4.08. The number of rotatable bonds is 3. The van der Waals surface area contributed by atoms with Crippen LogP contribution in [0.25, 0.3) is 0 Å². The van der Waals surface area contributed by atoms with E-state index < -0.39 is 0 Å². The van der Waals surface area contributed by atoms with Gasteiger partial charge in [-0.3, -0.25) is 4.79 Å². The van der Waals surface area contributed by atoms with E-state index in [1.807, 2.05) is 6.08 Å². The molecule has 12 heavy (non-hydrogen) atoms. The molecule has 2 unspecified atom stereocenters. The number of ether oxygens (including phenoxy) is 1. The number of cyclic esters (lactones) is 1. The molecule has 0 bridgehead atoms. The molecule has 2 nitrogen and oxygen atoms in total. The molecule has 0 aromatic heterocycles. The third kappa shape index (κ3) is 2.34. The number of carbonyl (C=O) groups excluding carboxylic acids is 1. The molecule has 3 heteroatoms. The molecule has 1 heterocycles. The van der Waals surface area contributed by atoms with Gasteiger partial charge in [0.05, 0.1) is 12.2 Å². The van der Waals surface area contributed by atoms with E-state index in [0.29, 0.717) is 5.92 Å². The smallest absolute Gasteiger partial charge is 0.318 e. The lowest BCUT2D eigenvalue weighted by molar-refractivity contribution is -0.138. The van der Waals surface area contributed by atoms with Crippen molar-refractivity contribution < 1.29 is 9.53 Å². The van der Waals surface area contributed by atoms with Crippen molar-refractivity contribution in [3.63, 3.8) is 0 Å². The van der Waals surface area contributed by atoms with Crippen LogP contribution in [-0.4, -0.2) is 10.8 Å². The van der Waals surface area contributed by atoms with Crippen LogP contribution in [0, 0.1) is 11.8 Å². The molecule has 0 N–H and O–H groups in total. The number of halogens is 1. The second-order valence-electron chi connectivity index (χ2n) is 3.44. The fourth-order valence-corrected chi connectivity index (χ4v) is 2.35. The fraction of sp³-hybridized carbons (Fsp3) is 0.667. The summed E-state index contributed by atoms with van der Waals surface area (Å²) in [6.07, 6.45) is 4.27. The van der Waals surface area contributed by atoms with Crippen LogP contribution < -0.4 is 0 Å². The van der Waals surface area contributed by atoms with Crippen molar-refractivity contribution in [2.45, 2.75) is 25.1 Å². The Hall–Kier alpha value is -0.310. The quantitative estimate of drug-likeness (QED) is 0.553. The molecule has 0 aromatic carbocycles. The van der Waals surface area contributed by atoms with E-state index in [1.165, 1.54) is 6.26 Å². The van der Waals surface area contributed by atoms with Gasteiger partial charge in [-0.15, -0.1) is 0 Å². The predicted octanol–water partition coefficient (Wildman–Crippen LogP) is 2.48. The number of esters is 1. The Balaban J connectivity index is 2.46. The fourth-order valence-electron chi connectivity index (χ4n) is 1.21. The number of carbonyl (C=O) groups is 1. The van der Waals surface area contributed by atoms with Crippen LogP contribution in [0.5, 0.6) is 0 Å². The summed E-state index contributed by atoms with van der Waals surface area (Å²) in [7, 11) is 0. The molecule has 0 fully saturated rings. The Kier molecular flexibility index (Phi) is 3.32. The van der Waals surface area contributed by atoms with Gasteiger partial charge in [0.2, 0.25) is 0 Å². The third-order valence-corrected chi connectivity index (χ3v) is 2.77. The van der Waals surface area contributed by atoms with Crippen molar-refractivity contribution in [3.05, 3.63) is 12.3 Å². The van der Waals surface area contributed by atoms with Crippen LogP contribution in [0.2, 0.25) is 0 Å². The first kappa shape index (κ1) is 9.78. The molecule has 1 rings (SSSR count).